The average molecular weight is 327 g/mol. The Hall–Kier alpha value is -1.30. The first-order valence-electron chi connectivity index (χ1n) is 7.64. The third kappa shape index (κ3) is 5.83. The minimum atomic E-state index is -0.834. The van der Waals surface area contributed by atoms with Gasteiger partial charge in [-0.05, 0) is 30.5 Å². The SMILES string of the molecule is O=C(NCCCc1ccc(Cl)cc1)NCC1(O)CCOCC1. The summed E-state index contributed by atoms with van der Waals surface area (Å²) in [5, 5.41) is 16.5. The van der Waals surface area contributed by atoms with Crippen molar-refractivity contribution < 1.29 is 14.6 Å². The quantitative estimate of drug-likeness (QED) is 0.701. The molecule has 2 rings (SSSR count). The average Bonchev–Trinajstić information content (AvgIpc) is 2.52. The molecule has 2 amide bonds. The molecule has 5 nitrogen and oxygen atoms in total. The van der Waals surface area contributed by atoms with E-state index in [9.17, 15) is 9.90 Å². The van der Waals surface area contributed by atoms with Crippen LogP contribution < -0.4 is 10.6 Å². The Bertz CT molecular complexity index is 473. The zero-order valence-corrected chi connectivity index (χ0v) is 13.4. The van der Waals surface area contributed by atoms with Crippen LogP contribution >= 0.6 is 11.6 Å². The molecule has 0 atom stereocenters. The van der Waals surface area contributed by atoms with Crippen LogP contribution in [0.5, 0.6) is 0 Å². The van der Waals surface area contributed by atoms with Crippen LogP contribution in [0, 0.1) is 0 Å². The van der Waals surface area contributed by atoms with Crippen molar-refractivity contribution in [2.75, 3.05) is 26.3 Å². The number of rotatable bonds is 6. The summed E-state index contributed by atoms with van der Waals surface area (Å²) in [5.41, 5.74) is 0.363. The maximum absolute atomic E-state index is 11.7. The van der Waals surface area contributed by atoms with Gasteiger partial charge in [0, 0.05) is 44.2 Å². The molecule has 1 saturated heterocycles. The molecule has 0 unspecified atom stereocenters. The standard InChI is InChI=1S/C16H23ClN2O3/c17-14-5-3-13(4-6-14)2-1-9-18-15(20)19-12-16(21)7-10-22-11-8-16/h3-6,21H,1-2,7-12H2,(H2,18,19,20). The maximum atomic E-state index is 11.7. The summed E-state index contributed by atoms with van der Waals surface area (Å²) in [5.74, 6) is 0. The van der Waals surface area contributed by atoms with Crippen molar-refractivity contribution in [3.05, 3.63) is 34.9 Å². The van der Waals surface area contributed by atoms with Gasteiger partial charge in [-0.1, -0.05) is 23.7 Å². The number of hydrogen-bond donors (Lipinski definition) is 3. The Morgan fingerprint density at radius 3 is 2.59 bits per heavy atom. The minimum absolute atomic E-state index is 0.240. The van der Waals surface area contributed by atoms with Crippen molar-refractivity contribution in [3.8, 4) is 0 Å². The number of carbonyl (C=O) groups is 1. The van der Waals surface area contributed by atoms with E-state index in [0.717, 1.165) is 17.9 Å². The predicted molar refractivity (Wildman–Crippen MR) is 86.2 cm³/mol. The fourth-order valence-corrected chi connectivity index (χ4v) is 2.51. The molecular weight excluding hydrogens is 304 g/mol. The zero-order chi connectivity index (χ0) is 15.8. The van der Waals surface area contributed by atoms with Crippen LogP contribution in [-0.4, -0.2) is 43.0 Å². The van der Waals surface area contributed by atoms with E-state index in [2.05, 4.69) is 10.6 Å². The molecule has 3 N–H and O–H groups in total. The number of carbonyl (C=O) groups excluding carboxylic acids is 1. The number of nitrogens with one attached hydrogen (secondary N) is 2. The first-order chi connectivity index (χ1) is 10.6. The van der Waals surface area contributed by atoms with Gasteiger partial charge in [-0.2, -0.15) is 0 Å². The smallest absolute Gasteiger partial charge is 0.314 e. The van der Waals surface area contributed by atoms with E-state index in [-0.39, 0.29) is 12.6 Å². The van der Waals surface area contributed by atoms with Crippen molar-refractivity contribution in [2.45, 2.75) is 31.3 Å². The first kappa shape index (κ1) is 17.1. The van der Waals surface area contributed by atoms with Crippen LogP contribution in [0.15, 0.2) is 24.3 Å². The fraction of sp³-hybridized carbons (Fsp3) is 0.562. The van der Waals surface area contributed by atoms with Crippen molar-refractivity contribution in [1.82, 2.24) is 10.6 Å². The highest BCUT2D eigenvalue weighted by molar-refractivity contribution is 6.30. The summed E-state index contributed by atoms with van der Waals surface area (Å²) < 4.78 is 5.20. The van der Waals surface area contributed by atoms with Crippen LogP contribution in [0.25, 0.3) is 0 Å². The van der Waals surface area contributed by atoms with E-state index < -0.39 is 5.60 Å². The lowest BCUT2D eigenvalue weighted by atomic mass is 9.94. The summed E-state index contributed by atoms with van der Waals surface area (Å²) in [6, 6.07) is 7.47. The van der Waals surface area contributed by atoms with Crippen molar-refractivity contribution in [1.29, 1.82) is 0 Å². The van der Waals surface area contributed by atoms with Gasteiger partial charge < -0.3 is 20.5 Å². The molecule has 1 fully saturated rings. The highest BCUT2D eigenvalue weighted by Crippen LogP contribution is 2.19. The number of ether oxygens (including phenoxy) is 1. The van der Waals surface area contributed by atoms with E-state index in [4.69, 9.17) is 16.3 Å². The largest absolute Gasteiger partial charge is 0.388 e. The van der Waals surface area contributed by atoms with Crippen molar-refractivity contribution in [2.24, 2.45) is 0 Å². The molecule has 1 aliphatic heterocycles. The molecular formula is C16H23ClN2O3. The number of aliphatic hydroxyl groups is 1. The maximum Gasteiger partial charge on any atom is 0.314 e. The minimum Gasteiger partial charge on any atom is -0.388 e. The first-order valence-corrected chi connectivity index (χ1v) is 8.01. The van der Waals surface area contributed by atoms with Crippen LogP contribution in [0.4, 0.5) is 4.79 Å². The second-order valence-electron chi connectivity index (χ2n) is 5.68. The van der Waals surface area contributed by atoms with E-state index >= 15 is 0 Å². The molecule has 1 aromatic carbocycles. The van der Waals surface area contributed by atoms with Gasteiger partial charge in [0.15, 0.2) is 0 Å². The number of halogens is 1. The summed E-state index contributed by atoms with van der Waals surface area (Å²) >= 11 is 5.83. The van der Waals surface area contributed by atoms with Crippen LogP contribution in [0.2, 0.25) is 5.02 Å². The van der Waals surface area contributed by atoms with E-state index in [1.54, 1.807) is 0 Å². The van der Waals surface area contributed by atoms with Crippen LogP contribution in [0.1, 0.15) is 24.8 Å². The topological polar surface area (TPSA) is 70.6 Å². The van der Waals surface area contributed by atoms with E-state index in [1.165, 1.54) is 5.56 Å². The van der Waals surface area contributed by atoms with Crippen LogP contribution in [0.3, 0.4) is 0 Å². The van der Waals surface area contributed by atoms with Crippen LogP contribution in [-0.2, 0) is 11.2 Å². The molecule has 22 heavy (non-hydrogen) atoms. The van der Waals surface area contributed by atoms with Gasteiger partial charge in [0.05, 0.1) is 5.60 Å². The van der Waals surface area contributed by atoms with E-state index in [1.807, 2.05) is 24.3 Å². The number of urea groups is 1. The third-order valence-electron chi connectivity index (χ3n) is 3.84. The van der Waals surface area contributed by atoms with E-state index in [0.29, 0.717) is 32.6 Å². The molecule has 0 spiro atoms. The lowest BCUT2D eigenvalue weighted by molar-refractivity contribution is -0.0600. The van der Waals surface area contributed by atoms with Crippen molar-refractivity contribution >= 4 is 17.6 Å². The Morgan fingerprint density at radius 1 is 1.23 bits per heavy atom. The molecule has 0 saturated carbocycles. The van der Waals surface area contributed by atoms with Gasteiger partial charge in [-0.3, -0.25) is 0 Å². The number of benzene rings is 1. The number of hydrogen-bond acceptors (Lipinski definition) is 3. The Morgan fingerprint density at radius 2 is 1.91 bits per heavy atom. The van der Waals surface area contributed by atoms with Gasteiger partial charge in [-0.25, -0.2) is 4.79 Å². The molecule has 6 heteroatoms. The molecule has 1 aromatic rings. The van der Waals surface area contributed by atoms with Gasteiger partial charge in [0.2, 0.25) is 0 Å². The molecule has 122 valence electrons. The van der Waals surface area contributed by atoms with Gasteiger partial charge in [0.25, 0.3) is 0 Å². The summed E-state index contributed by atoms with van der Waals surface area (Å²) in [4.78, 5) is 11.7. The highest BCUT2D eigenvalue weighted by Gasteiger charge is 2.29. The Balaban J connectivity index is 1.58. The molecule has 0 aromatic heterocycles. The summed E-state index contributed by atoms with van der Waals surface area (Å²) in [6.07, 6.45) is 2.86. The lowest BCUT2D eigenvalue weighted by Gasteiger charge is -2.32. The van der Waals surface area contributed by atoms with Gasteiger partial charge in [-0.15, -0.1) is 0 Å². The molecule has 1 aliphatic rings. The second kappa shape index (κ2) is 8.36. The van der Waals surface area contributed by atoms with Gasteiger partial charge in [0.1, 0.15) is 0 Å². The molecule has 1 heterocycles. The summed E-state index contributed by atoms with van der Waals surface area (Å²) in [7, 11) is 0. The highest BCUT2D eigenvalue weighted by atomic mass is 35.5. The summed E-state index contributed by atoms with van der Waals surface area (Å²) in [6.45, 7) is 1.94. The molecule has 0 aliphatic carbocycles. The molecule has 0 bridgehead atoms. The third-order valence-corrected chi connectivity index (χ3v) is 4.09. The molecule has 0 radical (unpaired) electrons. The predicted octanol–water partition coefficient (Wildman–Crippen LogP) is 2.11. The van der Waals surface area contributed by atoms with Gasteiger partial charge >= 0.3 is 6.03 Å². The lowest BCUT2D eigenvalue weighted by Crippen LogP contribution is -2.49. The number of amides is 2. The van der Waals surface area contributed by atoms with Crippen molar-refractivity contribution in [3.63, 3.8) is 0 Å². The fourth-order valence-electron chi connectivity index (χ4n) is 2.38. The zero-order valence-electron chi connectivity index (χ0n) is 12.6. The Kier molecular flexibility index (Phi) is 6.49. The second-order valence-corrected chi connectivity index (χ2v) is 6.11. The normalized spacial score (nSPS) is 17.0. The monoisotopic (exact) mass is 326 g/mol. The number of aryl methyl sites for hydroxylation is 1. The Labute approximate surface area is 136 Å².